The normalized spacial score (nSPS) is 10.7. The first kappa shape index (κ1) is 15.0. The first-order valence-electron chi connectivity index (χ1n) is 7.09. The molecule has 23 heavy (non-hydrogen) atoms. The summed E-state index contributed by atoms with van der Waals surface area (Å²) in [5.74, 6) is -1.38. The van der Waals surface area contributed by atoms with Gasteiger partial charge in [0.2, 0.25) is 5.78 Å². The number of aryl methyl sites for hydroxylation is 1. The summed E-state index contributed by atoms with van der Waals surface area (Å²) in [5.41, 5.74) is 2.31. The van der Waals surface area contributed by atoms with Crippen LogP contribution in [0, 0.1) is 12.7 Å². The Morgan fingerprint density at radius 1 is 1.09 bits per heavy atom. The number of rotatable bonds is 4. The van der Waals surface area contributed by atoms with Crippen LogP contribution in [0.5, 0.6) is 0 Å². The molecule has 2 aromatic carbocycles. The first-order chi connectivity index (χ1) is 11.1. The van der Waals surface area contributed by atoms with Gasteiger partial charge in [-0.2, -0.15) is 0 Å². The molecule has 0 atom stereocenters. The average molecular weight is 311 g/mol. The SMILES string of the molecule is Cc1[nH]c2ccccc2c1C(=O)COC(=O)c1ccc(F)cc1. The lowest BCUT2D eigenvalue weighted by Crippen LogP contribution is -2.14. The number of ether oxygens (including phenoxy) is 1. The van der Waals surface area contributed by atoms with Crippen LogP contribution in [-0.4, -0.2) is 23.3 Å². The van der Waals surface area contributed by atoms with E-state index in [1.54, 1.807) is 6.92 Å². The number of ketones is 1. The predicted molar refractivity (Wildman–Crippen MR) is 84.0 cm³/mol. The number of halogens is 1. The number of hydrogen-bond donors (Lipinski definition) is 1. The van der Waals surface area contributed by atoms with Crippen molar-refractivity contribution in [3.05, 3.63) is 71.2 Å². The molecule has 1 N–H and O–H groups in total. The lowest BCUT2D eigenvalue weighted by atomic mass is 10.1. The maximum absolute atomic E-state index is 12.8. The quantitative estimate of drug-likeness (QED) is 0.591. The van der Waals surface area contributed by atoms with Crippen LogP contribution in [-0.2, 0) is 4.74 Å². The molecular formula is C18H14FNO3. The van der Waals surface area contributed by atoms with Crippen molar-refractivity contribution >= 4 is 22.7 Å². The molecule has 3 rings (SSSR count). The van der Waals surface area contributed by atoms with Crippen molar-refractivity contribution in [3.63, 3.8) is 0 Å². The van der Waals surface area contributed by atoms with Gasteiger partial charge in [0.05, 0.1) is 5.56 Å². The van der Waals surface area contributed by atoms with Gasteiger partial charge in [0.15, 0.2) is 6.61 Å². The van der Waals surface area contributed by atoms with Crippen LogP contribution in [0.3, 0.4) is 0 Å². The minimum Gasteiger partial charge on any atom is -0.454 e. The monoisotopic (exact) mass is 311 g/mol. The van der Waals surface area contributed by atoms with E-state index in [9.17, 15) is 14.0 Å². The third kappa shape index (κ3) is 2.99. The van der Waals surface area contributed by atoms with Gasteiger partial charge < -0.3 is 9.72 Å². The van der Waals surface area contributed by atoms with E-state index >= 15 is 0 Å². The highest BCUT2D eigenvalue weighted by Gasteiger charge is 2.18. The Labute approximate surface area is 131 Å². The third-order valence-corrected chi connectivity index (χ3v) is 3.59. The number of esters is 1. The average Bonchev–Trinajstić information content (AvgIpc) is 2.88. The second-order valence-electron chi connectivity index (χ2n) is 5.18. The van der Waals surface area contributed by atoms with E-state index < -0.39 is 11.8 Å². The Kier molecular flexibility index (Phi) is 3.93. The third-order valence-electron chi connectivity index (χ3n) is 3.59. The molecule has 0 fully saturated rings. The summed E-state index contributed by atoms with van der Waals surface area (Å²) in [6, 6.07) is 12.4. The Morgan fingerprint density at radius 3 is 2.52 bits per heavy atom. The number of fused-ring (bicyclic) bond motifs is 1. The van der Waals surface area contributed by atoms with Crippen molar-refractivity contribution in [2.75, 3.05) is 6.61 Å². The molecule has 0 amide bonds. The topological polar surface area (TPSA) is 59.2 Å². The molecule has 0 spiro atoms. The van der Waals surface area contributed by atoms with E-state index in [4.69, 9.17) is 4.74 Å². The van der Waals surface area contributed by atoms with Crippen molar-refractivity contribution in [2.45, 2.75) is 6.92 Å². The Balaban J connectivity index is 1.75. The fourth-order valence-electron chi connectivity index (χ4n) is 2.51. The number of H-pyrrole nitrogens is 1. The van der Waals surface area contributed by atoms with Gasteiger partial charge in [-0.05, 0) is 37.3 Å². The second kappa shape index (κ2) is 6.04. The van der Waals surface area contributed by atoms with Crippen LogP contribution in [0.4, 0.5) is 4.39 Å². The van der Waals surface area contributed by atoms with Crippen molar-refractivity contribution in [3.8, 4) is 0 Å². The van der Waals surface area contributed by atoms with Crippen LogP contribution in [0.2, 0.25) is 0 Å². The minimum atomic E-state index is -0.657. The Bertz CT molecular complexity index is 881. The van der Waals surface area contributed by atoms with E-state index in [0.29, 0.717) is 5.56 Å². The zero-order valence-corrected chi connectivity index (χ0v) is 12.4. The summed E-state index contributed by atoms with van der Waals surface area (Å²) >= 11 is 0. The fraction of sp³-hybridized carbons (Fsp3) is 0.111. The van der Waals surface area contributed by atoms with Gasteiger partial charge in [0.1, 0.15) is 5.82 Å². The standard InChI is InChI=1S/C18H14FNO3/c1-11-17(14-4-2-3-5-15(14)20-11)16(21)10-23-18(22)12-6-8-13(19)9-7-12/h2-9,20H,10H2,1H3. The number of benzene rings is 2. The summed E-state index contributed by atoms with van der Waals surface area (Å²) < 4.78 is 17.9. The predicted octanol–water partition coefficient (Wildman–Crippen LogP) is 3.66. The molecule has 0 saturated carbocycles. The summed E-state index contributed by atoms with van der Waals surface area (Å²) in [4.78, 5) is 27.4. The molecule has 116 valence electrons. The molecule has 0 bridgehead atoms. The second-order valence-corrected chi connectivity index (χ2v) is 5.18. The van der Waals surface area contributed by atoms with E-state index in [2.05, 4.69) is 4.98 Å². The minimum absolute atomic E-state index is 0.204. The highest BCUT2D eigenvalue weighted by atomic mass is 19.1. The van der Waals surface area contributed by atoms with Crippen molar-refractivity contribution in [2.24, 2.45) is 0 Å². The number of hydrogen-bond acceptors (Lipinski definition) is 3. The molecule has 0 radical (unpaired) electrons. The zero-order valence-electron chi connectivity index (χ0n) is 12.4. The van der Waals surface area contributed by atoms with E-state index in [1.165, 1.54) is 24.3 Å². The van der Waals surface area contributed by atoms with Crippen molar-refractivity contribution < 1.29 is 18.7 Å². The van der Waals surface area contributed by atoms with Gasteiger partial charge in [-0.3, -0.25) is 4.79 Å². The Hall–Kier alpha value is -2.95. The zero-order chi connectivity index (χ0) is 16.4. The van der Waals surface area contributed by atoms with E-state index in [0.717, 1.165) is 16.6 Å². The van der Waals surface area contributed by atoms with Crippen LogP contribution in [0.15, 0.2) is 48.5 Å². The highest BCUT2D eigenvalue weighted by molar-refractivity contribution is 6.10. The smallest absolute Gasteiger partial charge is 0.338 e. The largest absolute Gasteiger partial charge is 0.454 e. The lowest BCUT2D eigenvalue weighted by molar-refractivity contribution is 0.0475. The molecule has 4 nitrogen and oxygen atoms in total. The van der Waals surface area contributed by atoms with Gasteiger partial charge in [0, 0.05) is 22.2 Å². The molecule has 1 heterocycles. The number of aromatic nitrogens is 1. The lowest BCUT2D eigenvalue weighted by Gasteiger charge is -2.05. The van der Waals surface area contributed by atoms with E-state index in [-0.39, 0.29) is 18.0 Å². The molecule has 0 aliphatic carbocycles. The molecule has 0 unspecified atom stereocenters. The highest BCUT2D eigenvalue weighted by Crippen LogP contribution is 2.22. The Morgan fingerprint density at radius 2 is 1.78 bits per heavy atom. The van der Waals surface area contributed by atoms with Gasteiger partial charge in [0.25, 0.3) is 0 Å². The fourth-order valence-corrected chi connectivity index (χ4v) is 2.51. The molecule has 0 aliphatic rings. The number of para-hydroxylation sites is 1. The van der Waals surface area contributed by atoms with Gasteiger partial charge in [-0.15, -0.1) is 0 Å². The molecule has 1 aromatic heterocycles. The van der Waals surface area contributed by atoms with Gasteiger partial charge in [-0.1, -0.05) is 18.2 Å². The number of aromatic amines is 1. The molecule has 0 saturated heterocycles. The first-order valence-corrected chi connectivity index (χ1v) is 7.09. The number of Topliss-reactive ketones (excluding diaryl/α,β-unsaturated/α-hetero) is 1. The summed E-state index contributed by atoms with van der Waals surface area (Å²) in [7, 11) is 0. The number of carbonyl (C=O) groups excluding carboxylic acids is 2. The molecular weight excluding hydrogens is 297 g/mol. The molecule has 5 heteroatoms. The summed E-state index contributed by atoms with van der Waals surface area (Å²) in [5, 5.41) is 0.799. The maximum atomic E-state index is 12.8. The van der Waals surface area contributed by atoms with Crippen molar-refractivity contribution in [1.82, 2.24) is 4.98 Å². The molecule has 0 aliphatic heterocycles. The summed E-state index contributed by atoms with van der Waals surface area (Å²) in [6.07, 6.45) is 0. The maximum Gasteiger partial charge on any atom is 0.338 e. The van der Waals surface area contributed by atoms with Gasteiger partial charge in [-0.25, -0.2) is 9.18 Å². The van der Waals surface area contributed by atoms with E-state index in [1.807, 2.05) is 24.3 Å². The van der Waals surface area contributed by atoms with Crippen LogP contribution in [0.25, 0.3) is 10.9 Å². The number of carbonyl (C=O) groups is 2. The summed E-state index contributed by atoms with van der Waals surface area (Å²) in [6.45, 7) is 1.44. The van der Waals surface area contributed by atoms with Crippen LogP contribution in [0.1, 0.15) is 26.4 Å². The van der Waals surface area contributed by atoms with Crippen molar-refractivity contribution in [1.29, 1.82) is 0 Å². The van der Waals surface area contributed by atoms with Gasteiger partial charge >= 0.3 is 5.97 Å². The van der Waals surface area contributed by atoms with Crippen LogP contribution < -0.4 is 0 Å². The number of nitrogens with one attached hydrogen (secondary N) is 1. The molecule has 3 aromatic rings. The van der Waals surface area contributed by atoms with Crippen LogP contribution >= 0.6 is 0 Å².